The standard InChI is InChI=1S/C11H8N2O3S/c14-10(13-9-5-2-6-17-9)7-3-1-4-8(12-7)11(15)16/h1-6H,(H,13,14)(H,15,16). The van der Waals surface area contributed by atoms with Gasteiger partial charge in [-0.05, 0) is 29.6 Å². The van der Waals surface area contributed by atoms with E-state index in [0.717, 1.165) is 0 Å². The quantitative estimate of drug-likeness (QED) is 0.871. The Labute approximate surface area is 101 Å². The smallest absolute Gasteiger partial charge is 0.354 e. The molecule has 0 bridgehead atoms. The van der Waals surface area contributed by atoms with Gasteiger partial charge in [-0.15, -0.1) is 11.3 Å². The van der Waals surface area contributed by atoms with Crippen LogP contribution in [0.2, 0.25) is 0 Å². The number of aromatic carboxylic acids is 1. The number of carbonyl (C=O) groups is 2. The summed E-state index contributed by atoms with van der Waals surface area (Å²) in [5.41, 5.74) is -0.0675. The third kappa shape index (κ3) is 2.67. The lowest BCUT2D eigenvalue weighted by atomic mass is 10.3. The van der Waals surface area contributed by atoms with Gasteiger partial charge in [0, 0.05) is 0 Å². The highest BCUT2D eigenvalue weighted by Gasteiger charge is 2.11. The lowest BCUT2D eigenvalue weighted by molar-refractivity contribution is 0.0690. The molecule has 2 N–H and O–H groups in total. The first-order chi connectivity index (χ1) is 8.16. The Kier molecular flexibility index (Phi) is 3.15. The highest BCUT2D eigenvalue weighted by Crippen LogP contribution is 2.15. The second-order valence-corrected chi connectivity index (χ2v) is 4.09. The molecule has 0 fully saturated rings. The zero-order valence-corrected chi connectivity index (χ0v) is 9.40. The summed E-state index contributed by atoms with van der Waals surface area (Å²) in [4.78, 5) is 26.2. The number of carbonyl (C=O) groups excluding carboxylic acids is 1. The largest absolute Gasteiger partial charge is 0.477 e. The van der Waals surface area contributed by atoms with Crippen LogP contribution in [-0.2, 0) is 0 Å². The Balaban J connectivity index is 2.19. The highest BCUT2D eigenvalue weighted by atomic mass is 32.1. The molecule has 0 aliphatic carbocycles. The van der Waals surface area contributed by atoms with Gasteiger partial charge in [0.05, 0.1) is 5.00 Å². The van der Waals surface area contributed by atoms with Gasteiger partial charge in [0.15, 0.2) is 0 Å². The molecular weight excluding hydrogens is 240 g/mol. The average molecular weight is 248 g/mol. The molecule has 2 rings (SSSR count). The molecule has 0 radical (unpaired) electrons. The van der Waals surface area contributed by atoms with Crippen LogP contribution in [-0.4, -0.2) is 22.0 Å². The van der Waals surface area contributed by atoms with Crippen molar-refractivity contribution in [1.82, 2.24) is 4.98 Å². The number of rotatable bonds is 3. The van der Waals surface area contributed by atoms with E-state index in [1.807, 2.05) is 5.38 Å². The summed E-state index contributed by atoms with van der Waals surface area (Å²) in [5, 5.41) is 13.9. The summed E-state index contributed by atoms with van der Waals surface area (Å²) in [7, 11) is 0. The van der Waals surface area contributed by atoms with Gasteiger partial charge >= 0.3 is 5.97 Å². The van der Waals surface area contributed by atoms with E-state index in [-0.39, 0.29) is 11.4 Å². The van der Waals surface area contributed by atoms with E-state index in [1.54, 1.807) is 12.1 Å². The summed E-state index contributed by atoms with van der Waals surface area (Å²) >= 11 is 1.38. The Morgan fingerprint density at radius 1 is 1.18 bits per heavy atom. The van der Waals surface area contributed by atoms with Gasteiger partial charge in [0.25, 0.3) is 5.91 Å². The molecule has 2 aromatic rings. The Morgan fingerprint density at radius 2 is 1.94 bits per heavy atom. The number of anilines is 1. The summed E-state index contributed by atoms with van der Waals surface area (Å²) < 4.78 is 0. The molecule has 0 aliphatic heterocycles. The summed E-state index contributed by atoms with van der Waals surface area (Å²) in [6.07, 6.45) is 0. The van der Waals surface area contributed by atoms with Gasteiger partial charge in [0.2, 0.25) is 0 Å². The molecule has 0 atom stereocenters. The predicted molar refractivity (Wildman–Crippen MR) is 63.5 cm³/mol. The second kappa shape index (κ2) is 4.75. The minimum absolute atomic E-state index is 0.0818. The molecule has 0 saturated carbocycles. The van der Waals surface area contributed by atoms with Crippen molar-refractivity contribution in [2.45, 2.75) is 0 Å². The van der Waals surface area contributed by atoms with Crippen LogP contribution in [0.5, 0.6) is 0 Å². The number of carboxylic acids is 1. The molecule has 0 aromatic carbocycles. The van der Waals surface area contributed by atoms with Crippen LogP contribution in [0.25, 0.3) is 0 Å². The van der Waals surface area contributed by atoms with Crippen LogP contribution in [0.1, 0.15) is 21.0 Å². The monoisotopic (exact) mass is 248 g/mol. The molecule has 1 amide bonds. The fraction of sp³-hybridized carbons (Fsp3) is 0. The molecule has 6 heteroatoms. The fourth-order valence-electron chi connectivity index (χ4n) is 1.21. The minimum atomic E-state index is -1.16. The lowest BCUT2D eigenvalue weighted by Crippen LogP contribution is -2.14. The lowest BCUT2D eigenvalue weighted by Gasteiger charge is -2.02. The molecule has 0 unspecified atom stereocenters. The molecule has 2 heterocycles. The van der Waals surface area contributed by atoms with Crippen molar-refractivity contribution >= 4 is 28.2 Å². The maximum absolute atomic E-state index is 11.7. The molecule has 17 heavy (non-hydrogen) atoms. The SMILES string of the molecule is O=C(O)c1cccc(C(=O)Nc2cccs2)n1. The number of amides is 1. The number of hydrogen-bond donors (Lipinski definition) is 2. The van der Waals surface area contributed by atoms with E-state index >= 15 is 0 Å². The van der Waals surface area contributed by atoms with Gasteiger partial charge in [-0.2, -0.15) is 0 Å². The van der Waals surface area contributed by atoms with E-state index in [9.17, 15) is 9.59 Å². The first-order valence-corrected chi connectivity index (χ1v) is 5.60. The van der Waals surface area contributed by atoms with Crippen LogP contribution in [0.3, 0.4) is 0 Å². The molecule has 2 aromatic heterocycles. The van der Waals surface area contributed by atoms with Crippen LogP contribution in [0.15, 0.2) is 35.7 Å². The van der Waals surface area contributed by atoms with Crippen molar-refractivity contribution < 1.29 is 14.7 Å². The molecule has 0 spiro atoms. The van der Waals surface area contributed by atoms with Gasteiger partial charge in [-0.1, -0.05) is 6.07 Å². The van der Waals surface area contributed by atoms with Crippen molar-refractivity contribution in [1.29, 1.82) is 0 Å². The number of carboxylic acid groups (broad SMARTS) is 1. The van der Waals surface area contributed by atoms with Crippen LogP contribution < -0.4 is 5.32 Å². The molecule has 0 saturated heterocycles. The topological polar surface area (TPSA) is 79.3 Å². The second-order valence-electron chi connectivity index (χ2n) is 3.14. The summed E-state index contributed by atoms with van der Waals surface area (Å²) in [6, 6.07) is 7.85. The first kappa shape index (κ1) is 11.3. The maximum atomic E-state index is 11.7. The van der Waals surface area contributed by atoms with E-state index < -0.39 is 11.9 Å². The van der Waals surface area contributed by atoms with E-state index in [2.05, 4.69) is 10.3 Å². The van der Waals surface area contributed by atoms with Gasteiger partial charge in [-0.3, -0.25) is 4.79 Å². The molecule has 5 nitrogen and oxygen atoms in total. The molecule has 86 valence electrons. The highest BCUT2D eigenvalue weighted by molar-refractivity contribution is 7.14. The van der Waals surface area contributed by atoms with Crippen LogP contribution in [0.4, 0.5) is 5.00 Å². The van der Waals surface area contributed by atoms with Crippen LogP contribution >= 0.6 is 11.3 Å². The number of thiophene rings is 1. The van der Waals surface area contributed by atoms with Gasteiger partial charge in [-0.25, -0.2) is 9.78 Å². The Bertz CT molecular complexity index is 552. The van der Waals surface area contributed by atoms with Gasteiger partial charge in [0.1, 0.15) is 11.4 Å². The van der Waals surface area contributed by atoms with Crippen molar-refractivity contribution in [2.24, 2.45) is 0 Å². The van der Waals surface area contributed by atoms with E-state index in [1.165, 1.54) is 29.5 Å². The normalized spacial score (nSPS) is 9.88. The van der Waals surface area contributed by atoms with Crippen LogP contribution in [0, 0.1) is 0 Å². The Morgan fingerprint density at radius 3 is 2.59 bits per heavy atom. The Hall–Kier alpha value is -2.21. The molecule has 0 aliphatic rings. The minimum Gasteiger partial charge on any atom is -0.477 e. The third-order valence-corrected chi connectivity index (χ3v) is 2.74. The van der Waals surface area contributed by atoms with Gasteiger partial charge < -0.3 is 10.4 Å². The van der Waals surface area contributed by atoms with Crippen molar-refractivity contribution in [3.8, 4) is 0 Å². The maximum Gasteiger partial charge on any atom is 0.354 e. The summed E-state index contributed by atoms with van der Waals surface area (Å²) in [5.74, 6) is -1.58. The first-order valence-electron chi connectivity index (χ1n) is 4.72. The number of aromatic nitrogens is 1. The van der Waals surface area contributed by atoms with Crippen molar-refractivity contribution in [3.05, 3.63) is 47.1 Å². The predicted octanol–water partition coefficient (Wildman–Crippen LogP) is 2.09. The number of pyridine rings is 1. The fourth-order valence-corrected chi connectivity index (χ4v) is 1.82. The average Bonchev–Trinajstić information content (AvgIpc) is 2.82. The molecular formula is C11H8N2O3S. The number of nitrogens with one attached hydrogen (secondary N) is 1. The number of hydrogen-bond acceptors (Lipinski definition) is 4. The zero-order valence-electron chi connectivity index (χ0n) is 8.58. The zero-order chi connectivity index (χ0) is 12.3. The number of nitrogens with zero attached hydrogens (tertiary/aromatic N) is 1. The van der Waals surface area contributed by atoms with Crippen molar-refractivity contribution in [2.75, 3.05) is 5.32 Å². The third-order valence-electron chi connectivity index (χ3n) is 1.96. The summed E-state index contributed by atoms with van der Waals surface area (Å²) in [6.45, 7) is 0. The van der Waals surface area contributed by atoms with Crippen molar-refractivity contribution in [3.63, 3.8) is 0 Å². The van der Waals surface area contributed by atoms with E-state index in [0.29, 0.717) is 5.00 Å². The van der Waals surface area contributed by atoms with E-state index in [4.69, 9.17) is 5.11 Å².